The molecule has 1 heterocycles. The largest absolute Gasteiger partial charge is 0.484 e. The molecule has 5 heteroatoms. The van der Waals surface area contributed by atoms with Gasteiger partial charge < -0.3 is 14.8 Å². The highest BCUT2D eigenvalue weighted by atomic mass is 16.5. The summed E-state index contributed by atoms with van der Waals surface area (Å²) in [6, 6.07) is 0.414. The smallest absolute Gasteiger partial charge is 0.163 e. The van der Waals surface area contributed by atoms with E-state index in [0.29, 0.717) is 6.04 Å². The highest BCUT2D eigenvalue weighted by Crippen LogP contribution is 2.32. The first-order chi connectivity index (χ1) is 9.58. The van der Waals surface area contributed by atoms with Crippen LogP contribution in [0.25, 0.3) is 0 Å². The van der Waals surface area contributed by atoms with Crippen LogP contribution in [0.15, 0.2) is 0 Å². The number of hydrogen-bond donors (Lipinski definition) is 1. The molecular formula is C15H27N3O2. The van der Waals surface area contributed by atoms with Crippen molar-refractivity contribution in [1.29, 1.82) is 0 Å². The number of rotatable bonds is 7. The molecule has 20 heavy (non-hydrogen) atoms. The number of aryl methyl sites for hydroxylation is 2. The lowest BCUT2D eigenvalue weighted by atomic mass is 9.85. The van der Waals surface area contributed by atoms with E-state index < -0.39 is 0 Å². The minimum absolute atomic E-state index is 0.130. The molecule has 0 bridgehead atoms. The Bertz CT molecular complexity index is 445. The van der Waals surface area contributed by atoms with Crippen molar-refractivity contribution in [2.75, 3.05) is 13.2 Å². The number of nitrogens with zero attached hydrogens (tertiary/aromatic N) is 2. The van der Waals surface area contributed by atoms with Crippen molar-refractivity contribution >= 4 is 0 Å². The van der Waals surface area contributed by atoms with E-state index in [1.165, 1.54) is 0 Å². The minimum atomic E-state index is 0.130. The Kier molecular flexibility index (Phi) is 5.05. The average molecular weight is 281 g/mol. The number of nitrogens with one attached hydrogen (secondary N) is 1. The van der Waals surface area contributed by atoms with Gasteiger partial charge in [-0.3, -0.25) is 4.68 Å². The van der Waals surface area contributed by atoms with E-state index in [-0.39, 0.29) is 12.2 Å². The Labute approximate surface area is 121 Å². The van der Waals surface area contributed by atoms with Gasteiger partial charge in [-0.15, -0.1) is 0 Å². The van der Waals surface area contributed by atoms with Gasteiger partial charge in [-0.25, -0.2) is 0 Å². The number of ether oxygens (including phenoxy) is 2. The molecule has 0 saturated heterocycles. The second-order valence-corrected chi connectivity index (χ2v) is 5.50. The van der Waals surface area contributed by atoms with Crippen LogP contribution in [0.1, 0.15) is 38.1 Å². The van der Waals surface area contributed by atoms with Crippen LogP contribution in [0.4, 0.5) is 0 Å². The lowest BCUT2D eigenvalue weighted by Crippen LogP contribution is -2.61. The summed E-state index contributed by atoms with van der Waals surface area (Å²) in [6.07, 6.45) is 2.41. The van der Waals surface area contributed by atoms with E-state index in [9.17, 15) is 0 Å². The molecule has 2 rings (SSSR count). The monoisotopic (exact) mass is 281 g/mol. The molecule has 0 amide bonds. The minimum Gasteiger partial charge on any atom is -0.484 e. The van der Waals surface area contributed by atoms with Crippen LogP contribution in [0.2, 0.25) is 0 Å². The topological polar surface area (TPSA) is 48.3 Å². The normalized spacial score (nSPS) is 25.6. The zero-order valence-corrected chi connectivity index (χ0v) is 13.3. The summed E-state index contributed by atoms with van der Waals surface area (Å²) in [5.41, 5.74) is 2.02. The summed E-state index contributed by atoms with van der Waals surface area (Å²) in [7, 11) is 1.95. The number of hydrogen-bond acceptors (Lipinski definition) is 4. The van der Waals surface area contributed by atoms with E-state index >= 15 is 0 Å². The van der Waals surface area contributed by atoms with Crippen LogP contribution in [-0.4, -0.2) is 41.2 Å². The van der Waals surface area contributed by atoms with Gasteiger partial charge in [0, 0.05) is 26.1 Å². The fourth-order valence-electron chi connectivity index (χ4n) is 2.72. The van der Waals surface area contributed by atoms with Crippen molar-refractivity contribution in [2.45, 2.75) is 58.8 Å². The summed E-state index contributed by atoms with van der Waals surface area (Å²) in [6.45, 7) is 10.00. The Morgan fingerprint density at radius 2 is 2.10 bits per heavy atom. The predicted molar refractivity (Wildman–Crippen MR) is 79.2 cm³/mol. The van der Waals surface area contributed by atoms with Gasteiger partial charge in [0.25, 0.3) is 0 Å². The van der Waals surface area contributed by atoms with Crippen LogP contribution in [0.3, 0.4) is 0 Å². The molecule has 1 saturated carbocycles. The van der Waals surface area contributed by atoms with Crippen LogP contribution < -0.4 is 10.1 Å². The van der Waals surface area contributed by atoms with Gasteiger partial charge in [0.15, 0.2) is 5.75 Å². The highest BCUT2D eigenvalue weighted by molar-refractivity contribution is 5.32. The first-order valence-corrected chi connectivity index (χ1v) is 7.60. The van der Waals surface area contributed by atoms with E-state index in [4.69, 9.17) is 9.47 Å². The lowest BCUT2D eigenvalue weighted by Gasteiger charge is -2.44. The predicted octanol–water partition coefficient (Wildman–Crippen LogP) is 1.96. The first-order valence-electron chi connectivity index (χ1n) is 7.60. The molecule has 0 spiro atoms. The molecule has 5 nitrogen and oxygen atoms in total. The second-order valence-electron chi connectivity index (χ2n) is 5.50. The van der Waals surface area contributed by atoms with Crippen molar-refractivity contribution in [3.63, 3.8) is 0 Å². The summed E-state index contributed by atoms with van der Waals surface area (Å²) in [5, 5.41) is 7.92. The van der Waals surface area contributed by atoms with Gasteiger partial charge in [0.05, 0.1) is 5.69 Å². The molecule has 1 aliphatic carbocycles. The maximum atomic E-state index is 6.16. The standard InChI is InChI=1S/C15H27N3O2/c1-6-8-16-12-9-13(15(12)19-7-2)20-14-10(3)17-18(5)11(14)4/h12-13,15-16H,6-9H2,1-5H3. The molecule has 1 aromatic heterocycles. The van der Waals surface area contributed by atoms with Gasteiger partial charge in [-0.1, -0.05) is 6.92 Å². The zero-order valence-electron chi connectivity index (χ0n) is 13.3. The fourth-order valence-corrected chi connectivity index (χ4v) is 2.72. The van der Waals surface area contributed by atoms with Crippen molar-refractivity contribution in [2.24, 2.45) is 7.05 Å². The Morgan fingerprint density at radius 1 is 1.35 bits per heavy atom. The molecule has 1 aliphatic rings. The molecule has 0 aromatic carbocycles. The summed E-state index contributed by atoms with van der Waals surface area (Å²) >= 11 is 0. The Balaban J connectivity index is 1.99. The maximum absolute atomic E-state index is 6.16. The second kappa shape index (κ2) is 6.59. The summed E-state index contributed by atoms with van der Waals surface area (Å²) in [5.74, 6) is 0.913. The third kappa shape index (κ3) is 2.99. The molecule has 3 unspecified atom stereocenters. The first kappa shape index (κ1) is 15.3. The van der Waals surface area contributed by atoms with E-state index in [2.05, 4.69) is 17.3 Å². The SMILES string of the molecule is CCCNC1CC(Oc2c(C)nn(C)c2C)C1OCC. The van der Waals surface area contributed by atoms with E-state index in [0.717, 1.165) is 43.1 Å². The zero-order chi connectivity index (χ0) is 14.7. The third-order valence-electron chi connectivity index (χ3n) is 3.98. The quantitative estimate of drug-likeness (QED) is 0.830. The molecule has 0 aliphatic heterocycles. The molecule has 114 valence electrons. The van der Waals surface area contributed by atoms with Crippen LogP contribution in [0, 0.1) is 13.8 Å². The highest BCUT2D eigenvalue weighted by Gasteiger charge is 2.43. The lowest BCUT2D eigenvalue weighted by molar-refractivity contribution is -0.105. The summed E-state index contributed by atoms with van der Waals surface area (Å²) in [4.78, 5) is 0. The molecular weight excluding hydrogens is 254 g/mol. The molecule has 0 radical (unpaired) electrons. The van der Waals surface area contributed by atoms with Crippen molar-refractivity contribution in [1.82, 2.24) is 15.1 Å². The molecule has 1 N–H and O–H groups in total. The third-order valence-corrected chi connectivity index (χ3v) is 3.98. The van der Waals surface area contributed by atoms with Crippen LogP contribution in [0.5, 0.6) is 5.75 Å². The van der Waals surface area contributed by atoms with E-state index in [1.807, 2.05) is 32.5 Å². The van der Waals surface area contributed by atoms with Crippen molar-refractivity contribution in [3.8, 4) is 5.75 Å². The van der Waals surface area contributed by atoms with Gasteiger partial charge in [0.2, 0.25) is 0 Å². The Morgan fingerprint density at radius 3 is 2.65 bits per heavy atom. The Hall–Kier alpha value is -1.07. The van der Waals surface area contributed by atoms with Crippen molar-refractivity contribution in [3.05, 3.63) is 11.4 Å². The molecule has 3 atom stereocenters. The van der Waals surface area contributed by atoms with Gasteiger partial charge >= 0.3 is 0 Å². The van der Waals surface area contributed by atoms with Gasteiger partial charge in [-0.05, 0) is 33.7 Å². The van der Waals surface area contributed by atoms with E-state index in [1.54, 1.807) is 0 Å². The average Bonchev–Trinajstić information content (AvgIpc) is 2.65. The van der Waals surface area contributed by atoms with Crippen LogP contribution in [-0.2, 0) is 11.8 Å². The maximum Gasteiger partial charge on any atom is 0.163 e. The molecule has 1 fully saturated rings. The number of aromatic nitrogens is 2. The van der Waals surface area contributed by atoms with Crippen LogP contribution >= 0.6 is 0 Å². The molecule has 1 aromatic rings. The summed E-state index contributed by atoms with van der Waals surface area (Å²) < 4.78 is 13.9. The van der Waals surface area contributed by atoms with Gasteiger partial charge in [-0.2, -0.15) is 5.10 Å². The van der Waals surface area contributed by atoms with Gasteiger partial charge in [0.1, 0.15) is 17.9 Å². The van der Waals surface area contributed by atoms with Crippen molar-refractivity contribution < 1.29 is 9.47 Å². The fraction of sp³-hybridized carbons (Fsp3) is 0.800.